The van der Waals surface area contributed by atoms with E-state index in [1.165, 1.54) is 0 Å². The van der Waals surface area contributed by atoms with Crippen molar-refractivity contribution in [2.75, 3.05) is 12.3 Å². The van der Waals surface area contributed by atoms with E-state index in [0.29, 0.717) is 6.42 Å². The van der Waals surface area contributed by atoms with Crippen molar-refractivity contribution in [2.24, 2.45) is 11.7 Å². The zero-order valence-electron chi connectivity index (χ0n) is 19.7. The molecule has 1 aromatic heterocycles. The summed E-state index contributed by atoms with van der Waals surface area (Å²) in [5.41, 5.74) is 11.5. The highest BCUT2D eigenvalue weighted by Crippen LogP contribution is 2.36. The van der Waals surface area contributed by atoms with Crippen molar-refractivity contribution in [1.82, 2.24) is 14.9 Å². The molecule has 2 aromatic rings. The molecule has 1 fully saturated rings. The number of hydrogen-bond acceptors (Lipinski definition) is 8. The fourth-order valence-corrected chi connectivity index (χ4v) is 4.29. The van der Waals surface area contributed by atoms with Crippen LogP contribution in [0.15, 0.2) is 41.3 Å². The van der Waals surface area contributed by atoms with Crippen molar-refractivity contribution < 1.29 is 23.8 Å². The topological polar surface area (TPSA) is 163 Å². The third-order valence-electron chi connectivity index (χ3n) is 6.15. The van der Waals surface area contributed by atoms with Crippen molar-refractivity contribution in [3.05, 3.63) is 58.4 Å². The average Bonchev–Trinajstić information content (AvgIpc) is 3.19. The van der Waals surface area contributed by atoms with Crippen LogP contribution < -0.4 is 22.5 Å². The molecule has 1 amide bonds. The predicted molar refractivity (Wildman–Crippen MR) is 126 cm³/mol. The second-order valence-corrected chi connectivity index (χ2v) is 8.79. The van der Waals surface area contributed by atoms with E-state index in [1.54, 1.807) is 0 Å². The Hall–Kier alpha value is -3.15. The van der Waals surface area contributed by atoms with Crippen LogP contribution >= 0.6 is 0 Å². The first-order valence-electron chi connectivity index (χ1n) is 11.7. The van der Waals surface area contributed by atoms with Gasteiger partial charge in [-0.2, -0.15) is 4.98 Å². The minimum absolute atomic E-state index is 0.226. The highest BCUT2D eigenvalue weighted by atomic mass is 19.1. The van der Waals surface area contributed by atoms with Crippen LogP contribution in [0.1, 0.15) is 44.6 Å². The number of amides is 1. The maximum Gasteiger partial charge on any atom is 0.353 e. The molecule has 35 heavy (non-hydrogen) atoms. The Morgan fingerprint density at radius 1 is 1.34 bits per heavy atom. The van der Waals surface area contributed by atoms with Crippen LogP contribution in [-0.4, -0.2) is 45.1 Å². The van der Waals surface area contributed by atoms with Crippen molar-refractivity contribution in [2.45, 2.75) is 63.4 Å². The SMILES string of the molecule is CCCCCC(=O)N[C@@H](Cc1ccccc1)C(=O)[C@H]1C[C@](N)(n2cc(F)c(N)nc2=O)O[C@@H]1CO. The number of benzene rings is 1. The number of nitrogens with zero attached hydrogens (tertiary/aromatic N) is 2. The Balaban J connectivity index is 1.86. The Morgan fingerprint density at radius 2 is 2.06 bits per heavy atom. The number of rotatable bonds is 11. The van der Waals surface area contributed by atoms with Gasteiger partial charge < -0.3 is 20.9 Å². The molecule has 6 N–H and O–H groups in total. The average molecular weight is 490 g/mol. The van der Waals surface area contributed by atoms with Crippen LogP contribution in [0.25, 0.3) is 0 Å². The summed E-state index contributed by atoms with van der Waals surface area (Å²) in [6.07, 6.45) is 2.51. The number of ether oxygens (including phenoxy) is 1. The molecule has 11 heteroatoms. The predicted octanol–water partition coefficient (Wildman–Crippen LogP) is 0.808. The maximum absolute atomic E-state index is 14.0. The van der Waals surface area contributed by atoms with Gasteiger partial charge >= 0.3 is 5.69 Å². The van der Waals surface area contributed by atoms with Gasteiger partial charge in [-0.15, -0.1) is 0 Å². The molecule has 0 saturated carbocycles. The number of anilines is 1. The van der Waals surface area contributed by atoms with Gasteiger partial charge in [0.1, 0.15) is 0 Å². The first-order valence-corrected chi connectivity index (χ1v) is 11.7. The van der Waals surface area contributed by atoms with Crippen molar-refractivity contribution in [1.29, 1.82) is 0 Å². The van der Waals surface area contributed by atoms with E-state index >= 15 is 0 Å². The quantitative estimate of drug-likeness (QED) is 0.337. The molecule has 190 valence electrons. The summed E-state index contributed by atoms with van der Waals surface area (Å²) in [5, 5.41) is 12.7. The second-order valence-electron chi connectivity index (χ2n) is 8.79. The van der Waals surface area contributed by atoms with Gasteiger partial charge in [0.05, 0.1) is 30.9 Å². The monoisotopic (exact) mass is 489 g/mol. The van der Waals surface area contributed by atoms with Gasteiger partial charge in [-0.3, -0.25) is 19.9 Å². The Morgan fingerprint density at radius 3 is 2.71 bits per heavy atom. The fraction of sp³-hybridized carbons (Fsp3) is 0.500. The third-order valence-corrected chi connectivity index (χ3v) is 6.15. The number of carbonyl (C=O) groups excluding carboxylic acids is 2. The van der Waals surface area contributed by atoms with Crippen LogP contribution in [0.4, 0.5) is 10.2 Å². The molecule has 0 spiro atoms. The van der Waals surface area contributed by atoms with Gasteiger partial charge in [-0.05, 0) is 18.4 Å². The minimum atomic E-state index is -1.94. The summed E-state index contributed by atoms with van der Waals surface area (Å²) in [5.74, 6) is -5.13. The van der Waals surface area contributed by atoms with E-state index in [1.807, 2.05) is 37.3 Å². The van der Waals surface area contributed by atoms with Gasteiger partial charge in [-0.25, -0.2) is 9.18 Å². The van der Waals surface area contributed by atoms with Crippen LogP contribution in [0.5, 0.6) is 0 Å². The molecule has 0 aliphatic carbocycles. The molecular weight excluding hydrogens is 457 g/mol. The van der Waals surface area contributed by atoms with Gasteiger partial charge in [-0.1, -0.05) is 50.1 Å². The Labute approximate surface area is 202 Å². The van der Waals surface area contributed by atoms with Crippen molar-refractivity contribution >= 4 is 17.5 Å². The molecule has 10 nitrogen and oxygen atoms in total. The number of carbonyl (C=O) groups is 2. The summed E-state index contributed by atoms with van der Waals surface area (Å²) in [6, 6.07) is 8.28. The van der Waals surface area contributed by atoms with Crippen molar-refractivity contribution in [3.8, 4) is 0 Å². The number of nitrogens with two attached hydrogens (primary N) is 2. The second kappa shape index (κ2) is 11.5. The van der Waals surface area contributed by atoms with E-state index in [9.17, 15) is 23.9 Å². The van der Waals surface area contributed by atoms with Gasteiger partial charge in [0, 0.05) is 12.8 Å². The standard InChI is InChI=1S/C24H32FN5O5/c1-2-3-5-10-20(32)28-18(11-15-8-6-4-7-9-15)21(33)16-12-24(27,35-19(16)14-31)30-13-17(25)22(26)29-23(30)34/h4,6-9,13,16,18-19,31H,2-3,5,10-12,14,27H2,1H3,(H,28,32)(H2,26,29,34)/t16-,18-,19+,24-/m0/s1. The Kier molecular flexibility index (Phi) is 8.71. The maximum atomic E-state index is 14.0. The molecule has 2 heterocycles. The molecule has 3 rings (SSSR count). The number of Topliss-reactive ketones (excluding diaryl/α,β-unsaturated/α-hetero) is 1. The van der Waals surface area contributed by atoms with E-state index < -0.39 is 53.6 Å². The largest absolute Gasteiger partial charge is 0.394 e. The number of aliphatic hydroxyl groups is 1. The molecule has 1 aliphatic heterocycles. The molecule has 4 atom stereocenters. The number of nitrogens with one attached hydrogen (secondary N) is 1. The fourth-order valence-electron chi connectivity index (χ4n) is 4.29. The lowest BCUT2D eigenvalue weighted by molar-refractivity contribution is -0.134. The number of ketones is 1. The van der Waals surface area contributed by atoms with Gasteiger partial charge in [0.25, 0.3) is 0 Å². The molecule has 0 unspecified atom stereocenters. The van der Waals surface area contributed by atoms with Crippen LogP contribution in [-0.2, 0) is 26.6 Å². The zero-order valence-corrected chi connectivity index (χ0v) is 19.7. The number of aliphatic hydroxyl groups excluding tert-OH is 1. The van der Waals surface area contributed by atoms with Crippen molar-refractivity contribution in [3.63, 3.8) is 0 Å². The first-order chi connectivity index (χ1) is 16.7. The smallest absolute Gasteiger partial charge is 0.353 e. The number of halogens is 1. The van der Waals surface area contributed by atoms with Crippen LogP contribution in [0.3, 0.4) is 0 Å². The molecule has 0 radical (unpaired) electrons. The number of nitrogen functional groups attached to an aromatic ring is 1. The summed E-state index contributed by atoms with van der Waals surface area (Å²) < 4.78 is 20.5. The highest BCUT2D eigenvalue weighted by Gasteiger charge is 2.50. The first kappa shape index (κ1) is 26.5. The number of aromatic nitrogens is 2. The van der Waals surface area contributed by atoms with E-state index in [0.717, 1.165) is 29.2 Å². The molecule has 1 saturated heterocycles. The summed E-state index contributed by atoms with van der Waals surface area (Å²) >= 11 is 0. The molecule has 0 bridgehead atoms. The third kappa shape index (κ3) is 6.30. The normalized spacial score (nSPS) is 22.6. The van der Waals surface area contributed by atoms with Gasteiger partial charge in [0.2, 0.25) is 11.8 Å². The Bertz CT molecular complexity index is 1100. The lowest BCUT2D eigenvalue weighted by Crippen LogP contribution is -2.50. The summed E-state index contributed by atoms with van der Waals surface area (Å²) in [7, 11) is 0. The van der Waals surface area contributed by atoms with Crippen LogP contribution in [0.2, 0.25) is 0 Å². The molecular formula is C24H32FN5O5. The van der Waals surface area contributed by atoms with E-state index in [-0.39, 0.29) is 25.2 Å². The zero-order chi connectivity index (χ0) is 25.6. The van der Waals surface area contributed by atoms with E-state index in [2.05, 4.69) is 10.3 Å². The molecule has 1 aromatic carbocycles. The lowest BCUT2D eigenvalue weighted by atomic mass is 9.87. The van der Waals surface area contributed by atoms with Crippen LogP contribution in [0, 0.1) is 11.7 Å². The molecule has 1 aliphatic rings. The number of hydrogen-bond donors (Lipinski definition) is 4. The minimum Gasteiger partial charge on any atom is -0.394 e. The van der Waals surface area contributed by atoms with Gasteiger partial charge in [0.15, 0.2) is 17.4 Å². The van der Waals surface area contributed by atoms with E-state index in [4.69, 9.17) is 16.2 Å². The lowest BCUT2D eigenvalue weighted by Gasteiger charge is -2.26. The summed E-state index contributed by atoms with van der Waals surface area (Å²) in [4.78, 5) is 42.0. The number of unbranched alkanes of at least 4 members (excludes halogenated alkanes) is 2. The highest BCUT2D eigenvalue weighted by molar-refractivity contribution is 5.91. The summed E-state index contributed by atoms with van der Waals surface area (Å²) in [6.45, 7) is 1.46.